The molecule has 1 rings (SSSR count). The first kappa shape index (κ1) is 14.0. The van der Waals surface area contributed by atoms with Crippen molar-refractivity contribution in [1.29, 1.82) is 0 Å². The number of unbranched alkanes of at least 4 members (excludes halogenated alkanes) is 3. The molecule has 2 atom stereocenters. The molecule has 1 fully saturated rings. The monoisotopic (exact) mass is 225 g/mol. The summed E-state index contributed by atoms with van der Waals surface area (Å²) in [6.45, 7) is 9.54. The Hall–Kier alpha value is -0.0400. The van der Waals surface area contributed by atoms with Gasteiger partial charge in [-0.1, -0.05) is 46.5 Å². The van der Waals surface area contributed by atoms with Gasteiger partial charge in [-0.15, -0.1) is 0 Å². The SMILES string of the molecule is CCCCCCNCC(C)C(CC)C1CC1. The Bertz CT molecular complexity index is 163. The van der Waals surface area contributed by atoms with E-state index in [4.69, 9.17) is 0 Å². The van der Waals surface area contributed by atoms with Gasteiger partial charge < -0.3 is 5.32 Å². The van der Waals surface area contributed by atoms with Crippen molar-refractivity contribution in [3.05, 3.63) is 0 Å². The molecule has 0 radical (unpaired) electrons. The highest BCUT2D eigenvalue weighted by molar-refractivity contribution is 4.84. The van der Waals surface area contributed by atoms with E-state index >= 15 is 0 Å². The van der Waals surface area contributed by atoms with Gasteiger partial charge in [0.25, 0.3) is 0 Å². The number of hydrogen-bond acceptors (Lipinski definition) is 1. The number of rotatable bonds is 10. The van der Waals surface area contributed by atoms with Gasteiger partial charge in [-0.3, -0.25) is 0 Å². The molecule has 1 aliphatic rings. The molecular weight excluding hydrogens is 194 g/mol. The molecule has 0 aromatic heterocycles. The molecule has 0 aromatic rings. The summed E-state index contributed by atoms with van der Waals surface area (Å²) in [6, 6.07) is 0. The van der Waals surface area contributed by atoms with Crippen molar-refractivity contribution in [3.63, 3.8) is 0 Å². The summed E-state index contributed by atoms with van der Waals surface area (Å²) >= 11 is 0. The highest BCUT2D eigenvalue weighted by atomic mass is 14.9. The topological polar surface area (TPSA) is 12.0 Å². The predicted octanol–water partition coefficient (Wildman–Crippen LogP) is 4.23. The van der Waals surface area contributed by atoms with Crippen molar-refractivity contribution < 1.29 is 0 Å². The van der Waals surface area contributed by atoms with Crippen molar-refractivity contribution in [1.82, 2.24) is 5.32 Å². The second-order valence-corrected chi connectivity index (χ2v) is 5.65. The molecule has 0 aromatic carbocycles. The standard InChI is InChI=1S/C15H31N/c1-4-6-7-8-11-16-12-13(3)15(5-2)14-9-10-14/h13-16H,4-12H2,1-3H3. The summed E-state index contributed by atoms with van der Waals surface area (Å²) in [5.74, 6) is 2.94. The molecule has 2 unspecified atom stereocenters. The van der Waals surface area contributed by atoms with E-state index in [1.54, 1.807) is 0 Å². The Morgan fingerprint density at radius 1 is 1.12 bits per heavy atom. The summed E-state index contributed by atoms with van der Waals surface area (Å²) in [5, 5.41) is 3.64. The summed E-state index contributed by atoms with van der Waals surface area (Å²) in [4.78, 5) is 0. The minimum atomic E-state index is 0.878. The fraction of sp³-hybridized carbons (Fsp3) is 1.00. The largest absolute Gasteiger partial charge is 0.316 e. The van der Waals surface area contributed by atoms with E-state index in [0.717, 1.165) is 17.8 Å². The molecule has 96 valence electrons. The van der Waals surface area contributed by atoms with Gasteiger partial charge in [-0.25, -0.2) is 0 Å². The Kier molecular flexibility index (Phi) is 7.11. The molecule has 0 aliphatic heterocycles. The third kappa shape index (κ3) is 5.34. The van der Waals surface area contributed by atoms with Crippen molar-refractivity contribution in [2.75, 3.05) is 13.1 Å². The summed E-state index contributed by atoms with van der Waals surface area (Å²) in [7, 11) is 0. The molecule has 0 bridgehead atoms. The summed E-state index contributed by atoms with van der Waals surface area (Å²) < 4.78 is 0. The maximum absolute atomic E-state index is 3.64. The van der Waals surface area contributed by atoms with Gasteiger partial charge in [-0.05, 0) is 50.1 Å². The van der Waals surface area contributed by atoms with Crippen LogP contribution in [0, 0.1) is 17.8 Å². The summed E-state index contributed by atoms with van der Waals surface area (Å²) in [5.41, 5.74) is 0. The van der Waals surface area contributed by atoms with Crippen LogP contribution in [-0.4, -0.2) is 13.1 Å². The van der Waals surface area contributed by atoms with E-state index in [-0.39, 0.29) is 0 Å². The molecule has 1 N–H and O–H groups in total. The van der Waals surface area contributed by atoms with E-state index in [1.165, 1.54) is 58.0 Å². The molecule has 1 heteroatoms. The molecule has 0 saturated heterocycles. The third-order valence-electron chi connectivity index (χ3n) is 4.10. The van der Waals surface area contributed by atoms with Crippen LogP contribution >= 0.6 is 0 Å². The highest BCUT2D eigenvalue weighted by Crippen LogP contribution is 2.41. The number of hydrogen-bond donors (Lipinski definition) is 1. The Labute approximate surface area is 102 Å². The molecule has 0 amide bonds. The molecule has 0 heterocycles. The molecule has 1 nitrogen and oxygen atoms in total. The van der Waals surface area contributed by atoms with Gasteiger partial charge in [0.05, 0.1) is 0 Å². The zero-order chi connectivity index (χ0) is 11.8. The first-order valence-electron chi connectivity index (χ1n) is 7.50. The van der Waals surface area contributed by atoms with Gasteiger partial charge >= 0.3 is 0 Å². The maximum Gasteiger partial charge on any atom is -0.00204 e. The van der Waals surface area contributed by atoms with Crippen LogP contribution in [0.1, 0.15) is 65.7 Å². The Balaban J connectivity index is 1.98. The third-order valence-corrected chi connectivity index (χ3v) is 4.10. The van der Waals surface area contributed by atoms with Crippen LogP contribution in [0.4, 0.5) is 0 Å². The first-order chi connectivity index (χ1) is 7.79. The molecule has 1 aliphatic carbocycles. The van der Waals surface area contributed by atoms with Gasteiger partial charge in [0.15, 0.2) is 0 Å². The predicted molar refractivity (Wildman–Crippen MR) is 72.7 cm³/mol. The van der Waals surface area contributed by atoms with Crippen LogP contribution in [0.5, 0.6) is 0 Å². The average molecular weight is 225 g/mol. The Morgan fingerprint density at radius 2 is 1.88 bits per heavy atom. The average Bonchev–Trinajstić information content (AvgIpc) is 3.08. The highest BCUT2D eigenvalue weighted by Gasteiger charge is 2.32. The van der Waals surface area contributed by atoms with E-state index < -0.39 is 0 Å². The quantitative estimate of drug-likeness (QED) is 0.549. The molecule has 16 heavy (non-hydrogen) atoms. The minimum absolute atomic E-state index is 0.878. The second-order valence-electron chi connectivity index (χ2n) is 5.65. The van der Waals surface area contributed by atoms with Crippen LogP contribution < -0.4 is 5.32 Å². The summed E-state index contributed by atoms with van der Waals surface area (Å²) in [6.07, 6.45) is 9.88. The van der Waals surface area contributed by atoms with Crippen LogP contribution in [-0.2, 0) is 0 Å². The van der Waals surface area contributed by atoms with Crippen LogP contribution in [0.25, 0.3) is 0 Å². The lowest BCUT2D eigenvalue weighted by molar-refractivity contribution is 0.296. The van der Waals surface area contributed by atoms with Crippen molar-refractivity contribution >= 4 is 0 Å². The zero-order valence-corrected chi connectivity index (χ0v) is 11.6. The first-order valence-corrected chi connectivity index (χ1v) is 7.50. The van der Waals surface area contributed by atoms with E-state index in [2.05, 4.69) is 26.1 Å². The molecule has 1 saturated carbocycles. The molecule has 0 spiro atoms. The van der Waals surface area contributed by atoms with E-state index in [1.807, 2.05) is 0 Å². The van der Waals surface area contributed by atoms with Crippen LogP contribution in [0.3, 0.4) is 0 Å². The fourth-order valence-electron chi connectivity index (χ4n) is 2.88. The van der Waals surface area contributed by atoms with Gasteiger partial charge in [0.1, 0.15) is 0 Å². The van der Waals surface area contributed by atoms with Crippen molar-refractivity contribution in [3.8, 4) is 0 Å². The fourth-order valence-corrected chi connectivity index (χ4v) is 2.88. The van der Waals surface area contributed by atoms with Gasteiger partial charge in [-0.2, -0.15) is 0 Å². The smallest absolute Gasteiger partial charge is 0.00204 e. The second kappa shape index (κ2) is 8.11. The van der Waals surface area contributed by atoms with E-state index in [9.17, 15) is 0 Å². The normalized spacial score (nSPS) is 19.7. The van der Waals surface area contributed by atoms with Crippen LogP contribution in [0.2, 0.25) is 0 Å². The lowest BCUT2D eigenvalue weighted by Crippen LogP contribution is -2.27. The maximum atomic E-state index is 3.64. The lowest BCUT2D eigenvalue weighted by atomic mass is 9.87. The lowest BCUT2D eigenvalue weighted by Gasteiger charge is -2.22. The zero-order valence-electron chi connectivity index (χ0n) is 11.6. The molecular formula is C15H31N. The minimum Gasteiger partial charge on any atom is -0.316 e. The van der Waals surface area contributed by atoms with Gasteiger partial charge in [0.2, 0.25) is 0 Å². The van der Waals surface area contributed by atoms with Gasteiger partial charge in [0, 0.05) is 0 Å². The van der Waals surface area contributed by atoms with Crippen molar-refractivity contribution in [2.24, 2.45) is 17.8 Å². The van der Waals surface area contributed by atoms with Crippen molar-refractivity contribution in [2.45, 2.75) is 65.7 Å². The number of nitrogens with one attached hydrogen (secondary N) is 1. The Morgan fingerprint density at radius 3 is 2.44 bits per heavy atom. The van der Waals surface area contributed by atoms with Crippen LogP contribution in [0.15, 0.2) is 0 Å². The van der Waals surface area contributed by atoms with E-state index in [0.29, 0.717) is 0 Å².